The molecule has 2 aromatic carbocycles. The largest absolute Gasteiger partial charge is 0.488 e. The number of hydrogen-bond acceptors (Lipinski definition) is 6. The van der Waals surface area contributed by atoms with Crippen LogP contribution in [0.25, 0.3) is 10.9 Å². The van der Waals surface area contributed by atoms with Gasteiger partial charge in [-0.3, -0.25) is 0 Å². The number of nitrogens with zero attached hydrogens (tertiary/aromatic N) is 3. The molecule has 9 heteroatoms. The van der Waals surface area contributed by atoms with Gasteiger partial charge >= 0.3 is 7.12 Å². The van der Waals surface area contributed by atoms with Crippen LogP contribution in [0.15, 0.2) is 58.1 Å². The zero-order chi connectivity index (χ0) is 17.3. The van der Waals surface area contributed by atoms with E-state index >= 15 is 0 Å². The minimum atomic E-state index is -2.86. The molecule has 0 saturated heterocycles. The summed E-state index contributed by atoms with van der Waals surface area (Å²) < 4.78 is 30.6. The van der Waals surface area contributed by atoms with Crippen LogP contribution >= 0.6 is 0 Å². The second kappa shape index (κ2) is 6.27. The van der Waals surface area contributed by atoms with Gasteiger partial charge in [-0.2, -0.15) is 4.36 Å². The van der Waals surface area contributed by atoms with E-state index in [-0.39, 0.29) is 11.3 Å². The van der Waals surface area contributed by atoms with E-state index < -0.39 is 22.7 Å². The van der Waals surface area contributed by atoms with Crippen LogP contribution in [-0.4, -0.2) is 37.6 Å². The fraction of sp³-hybridized carbons (Fsp3) is 0.0667. The van der Waals surface area contributed by atoms with Crippen LogP contribution in [0.1, 0.15) is 0 Å². The van der Waals surface area contributed by atoms with Crippen molar-refractivity contribution in [3.8, 4) is 0 Å². The summed E-state index contributed by atoms with van der Waals surface area (Å²) in [6.45, 7) is 0. The van der Waals surface area contributed by atoms with Crippen LogP contribution < -0.4 is 5.46 Å². The average molecular weight is 345 g/mol. The molecule has 0 spiro atoms. The molecule has 2 N–H and O–H groups in total. The predicted octanol–water partition coefficient (Wildman–Crippen LogP) is 1.24. The molecule has 1 aromatic heterocycles. The summed E-state index contributed by atoms with van der Waals surface area (Å²) in [5.41, 5.74) is 0.780. The molecule has 0 aliphatic rings. The predicted molar refractivity (Wildman–Crippen MR) is 90.2 cm³/mol. The molecular weight excluding hydrogens is 332 g/mol. The molecule has 0 radical (unpaired) electrons. The maximum atomic E-state index is 13.5. The molecule has 122 valence electrons. The van der Waals surface area contributed by atoms with Gasteiger partial charge in [-0.1, -0.05) is 12.1 Å². The Morgan fingerprint density at radius 3 is 2.50 bits per heavy atom. The zero-order valence-corrected chi connectivity index (χ0v) is 13.4. The van der Waals surface area contributed by atoms with Crippen molar-refractivity contribution >= 4 is 39.0 Å². The van der Waals surface area contributed by atoms with Crippen LogP contribution in [-0.2, 0) is 9.73 Å². The number of halogens is 1. The monoisotopic (exact) mass is 345 g/mol. The third kappa shape index (κ3) is 3.28. The quantitative estimate of drug-likeness (QED) is 0.697. The first-order chi connectivity index (χ1) is 11.4. The maximum absolute atomic E-state index is 13.5. The summed E-state index contributed by atoms with van der Waals surface area (Å²) in [6, 6.07) is 9.94. The highest BCUT2D eigenvalue weighted by atomic mass is 32.2. The van der Waals surface area contributed by atoms with Gasteiger partial charge < -0.3 is 10.0 Å². The van der Waals surface area contributed by atoms with Crippen molar-refractivity contribution in [1.82, 2.24) is 9.97 Å². The van der Waals surface area contributed by atoms with Gasteiger partial charge in [-0.05, 0) is 35.8 Å². The smallest absolute Gasteiger partial charge is 0.423 e. The van der Waals surface area contributed by atoms with Crippen LogP contribution in [0, 0.1) is 5.82 Å². The second-order valence-corrected chi connectivity index (χ2v) is 7.45. The first-order valence-electron chi connectivity index (χ1n) is 6.95. The van der Waals surface area contributed by atoms with Crippen molar-refractivity contribution in [2.24, 2.45) is 4.36 Å². The number of fused-ring (bicyclic) bond motifs is 1. The highest BCUT2D eigenvalue weighted by Gasteiger charge is 2.13. The first-order valence-corrected chi connectivity index (χ1v) is 8.88. The van der Waals surface area contributed by atoms with Crippen molar-refractivity contribution in [2.75, 3.05) is 6.26 Å². The summed E-state index contributed by atoms with van der Waals surface area (Å²) >= 11 is 0. The number of aromatic nitrogens is 2. The molecule has 0 bridgehead atoms. The highest BCUT2D eigenvalue weighted by Crippen LogP contribution is 2.25. The summed E-state index contributed by atoms with van der Waals surface area (Å²) in [4.78, 5) is 8.43. The van der Waals surface area contributed by atoms with E-state index in [1.807, 2.05) is 0 Å². The van der Waals surface area contributed by atoms with E-state index in [9.17, 15) is 8.60 Å². The van der Waals surface area contributed by atoms with E-state index in [0.717, 1.165) is 0 Å². The molecule has 6 nitrogen and oxygen atoms in total. The van der Waals surface area contributed by atoms with Crippen LogP contribution in [0.4, 0.5) is 10.2 Å². The summed E-state index contributed by atoms with van der Waals surface area (Å²) in [5, 5.41) is 18.6. The summed E-state index contributed by atoms with van der Waals surface area (Å²) in [6.07, 6.45) is 2.71. The van der Waals surface area contributed by atoms with E-state index in [1.165, 1.54) is 55.0 Å². The van der Waals surface area contributed by atoms with E-state index in [2.05, 4.69) is 14.3 Å². The average Bonchev–Trinajstić information content (AvgIpc) is 2.55. The minimum absolute atomic E-state index is 0.137. The van der Waals surface area contributed by atoms with Gasteiger partial charge in [-0.15, -0.1) is 0 Å². The standard InChI is InChI=1S/C15H13BFN3O3S/c1-24(23,12-5-2-10(3-6-12)16(21)22)20-15-13-8-11(17)4-7-14(13)18-9-19-15/h2-9,21-22H,1H3. The molecule has 0 fully saturated rings. The molecule has 1 atom stereocenters. The summed E-state index contributed by atoms with van der Waals surface area (Å²) in [5.74, 6) is -0.323. The van der Waals surface area contributed by atoms with Gasteiger partial charge in [-0.25, -0.2) is 18.6 Å². The number of rotatable bonds is 3. The SMILES string of the molecule is CS(=O)(=Nc1ncnc2ccc(F)cc12)c1ccc(B(O)O)cc1. The van der Waals surface area contributed by atoms with Crippen LogP contribution in [0.2, 0.25) is 0 Å². The van der Waals surface area contributed by atoms with Crippen LogP contribution in [0.5, 0.6) is 0 Å². The molecule has 0 aliphatic heterocycles. The topological polar surface area (TPSA) is 95.7 Å². The number of hydrogen-bond donors (Lipinski definition) is 2. The normalized spacial score (nSPS) is 13.5. The van der Waals surface area contributed by atoms with E-state index in [1.54, 1.807) is 0 Å². The zero-order valence-electron chi connectivity index (χ0n) is 12.6. The van der Waals surface area contributed by atoms with Gasteiger partial charge in [0, 0.05) is 16.5 Å². The third-order valence-electron chi connectivity index (χ3n) is 3.45. The molecule has 1 unspecified atom stereocenters. The van der Waals surface area contributed by atoms with Crippen molar-refractivity contribution in [2.45, 2.75) is 4.90 Å². The lowest BCUT2D eigenvalue weighted by atomic mass is 9.81. The molecule has 3 rings (SSSR count). The van der Waals surface area contributed by atoms with Gasteiger partial charge in [0.2, 0.25) is 0 Å². The Morgan fingerprint density at radius 2 is 1.83 bits per heavy atom. The lowest BCUT2D eigenvalue weighted by Gasteiger charge is -2.07. The van der Waals surface area contributed by atoms with E-state index in [0.29, 0.717) is 15.8 Å². The van der Waals surface area contributed by atoms with E-state index in [4.69, 9.17) is 10.0 Å². The van der Waals surface area contributed by atoms with Gasteiger partial charge in [0.25, 0.3) is 0 Å². The Morgan fingerprint density at radius 1 is 1.12 bits per heavy atom. The number of benzene rings is 2. The fourth-order valence-electron chi connectivity index (χ4n) is 2.20. The van der Waals surface area contributed by atoms with Crippen molar-refractivity contribution in [3.05, 3.63) is 54.6 Å². The van der Waals surface area contributed by atoms with Crippen molar-refractivity contribution in [1.29, 1.82) is 0 Å². The first kappa shape index (κ1) is 16.5. The Balaban J connectivity index is 2.13. The Kier molecular flexibility index (Phi) is 4.31. The van der Waals surface area contributed by atoms with Crippen molar-refractivity contribution < 1.29 is 18.6 Å². The van der Waals surface area contributed by atoms with Gasteiger partial charge in [0.15, 0.2) is 5.82 Å². The summed E-state index contributed by atoms with van der Waals surface area (Å²) in [7, 11) is -4.46. The molecule has 0 amide bonds. The Hall–Kier alpha value is -2.36. The molecule has 1 heterocycles. The maximum Gasteiger partial charge on any atom is 0.488 e. The van der Waals surface area contributed by atoms with Gasteiger partial charge in [0.05, 0.1) is 15.2 Å². The molecule has 24 heavy (non-hydrogen) atoms. The van der Waals surface area contributed by atoms with Gasteiger partial charge in [0.1, 0.15) is 12.1 Å². The second-order valence-electron chi connectivity index (χ2n) is 5.20. The molecule has 0 saturated carbocycles. The van der Waals surface area contributed by atoms with Crippen LogP contribution in [0.3, 0.4) is 0 Å². The molecule has 0 aliphatic carbocycles. The lowest BCUT2D eigenvalue weighted by Crippen LogP contribution is -2.29. The fourth-order valence-corrected chi connectivity index (χ4v) is 3.42. The highest BCUT2D eigenvalue weighted by molar-refractivity contribution is 7.93. The third-order valence-corrected chi connectivity index (χ3v) is 5.12. The molecular formula is C15H13BFN3O3S. The lowest BCUT2D eigenvalue weighted by molar-refractivity contribution is 0.425. The van der Waals surface area contributed by atoms with Crippen molar-refractivity contribution in [3.63, 3.8) is 0 Å². The molecule has 3 aromatic rings. The minimum Gasteiger partial charge on any atom is -0.423 e. The Bertz CT molecular complexity index is 1020. The Labute approximate surface area is 138 Å².